The Morgan fingerprint density at radius 1 is 1.05 bits per heavy atom. The molecule has 2 aromatic carbocycles. The van der Waals surface area contributed by atoms with Crippen LogP contribution in [0.25, 0.3) is 0 Å². The van der Waals surface area contributed by atoms with Crippen molar-refractivity contribution >= 4 is 11.9 Å². The molecule has 2 rings (SSSR count). The quantitative estimate of drug-likeness (QED) is 0.863. The number of nitrogens with one attached hydrogen (secondary N) is 1. The third-order valence-electron chi connectivity index (χ3n) is 3.46. The minimum Gasteiger partial charge on any atom is -0.465 e. The Hall–Kier alpha value is -2.62. The van der Waals surface area contributed by atoms with Crippen LogP contribution in [0, 0.1) is 6.92 Å². The fraction of sp³-hybridized carbons (Fsp3) is 0.222. The molecule has 1 amide bonds. The average molecular weight is 297 g/mol. The SMILES string of the molecule is COC(=O)c1ccc(CCNC(=O)c2ccccc2C)cc1. The molecular formula is C18H19NO3. The highest BCUT2D eigenvalue weighted by atomic mass is 16.5. The number of aryl methyl sites for hydroxylation is 1. The molecule has 0 atom stereocenters. The predicted octanol–water partition coefficient (Wildman–Crippen LogP) is 2.75. The molecule has 0 aliphatic heterocycles. The van der Waals surface area contributed by atoms with Crippen LogP contribution in [0.5, 0.6) is 0 Å². The minimum atomic E-state index is -0.348. The number of hydrogen-bond donors (Lipinski definition) is 1. The summed E-state index contributed by atoms with van der Waals surface area (Å²) in [6.45, 7) is 2.46. The van der Waals surface area contributed by atoms with Gasteiger partial charge in [0, 0.05) is 12.1 Å². The number of carbonyl (C=O) groups excluding carboxylic acids is 2. The van der Waals surface area contributed by atoms with Crippen molar-refractivity contribution in [3.8, 4) is 0 Å². The van der Waals surface area contributed by atoms with Crippen molar-refractivity contribution in [1.29, 1.82) is 0 Å². The van der Waals surface area contributed by atoms with E-state index in [1.165, 1.54) is 7.11 Å². The number of amides is 1. The van der Waals surface area contributed by atoms with Gasteiger partial charge in [-0.25, -0.2) is 4.79 Å². The van der Waals surface area contributed by atoms with E-state index in [0.717, 1.165) is 11.1 Å². The largest absolute Gasteiger partial charge is 0.465 e. The van der Waals surface area contributed by atoms with Crippen LogP contribution in [0.2, 0.25) is 0 Å². The topological polar surface area (TPSA) is 55.4 Å². The number of hydrogen-bond acceptors (Lipinski definition) is 3. The van der Waals surface area contributed by atoms with E-state index in [0.29, 0.717) is 24.1 Å². The van der Waals surface area contributed by atoms with Crippen LogP contribution in [-0.2, 0) is 11.2 Å². The highest BCUT2D eigenvalue weighted by molar-refractivity contribution is 5.95. The number of carbonyl (C=O) groups is 2. The normalized spacial score (nSPS) is 10.1. The minimum absolute atomic E-state index is 0.0655. The first-order valence-corrected chi connectivity index (χ1v) is 7.13. The van der Waals surface area contributed by atoms with E-state index in [-0.39, 0.29) is 11.9 Å². The number of benzene rings is 2. The maximum atomic E-state index is 12.1. The van der Waals surface area contributed by atoms with Crippen LogP contribution >= 0.6 is 0 Å². The van der Waals surface area contributed by atoms with Gasteiger partial charge in [0.05, 0.1) is 12.7 Å². The fourth-order valence-corrected chi connectivity index (χ4v) is 2.17. The van der Waals surface area contributed by atoms with Crippen LogP contribution in [0.4, 0.5) is 0 Å². The van der Waals surface area contributed by atoms with Gasteiger partial charge in [0.2, 0.25) is 0 Å². The Balaban J connectivity index is 1.87. The van der Waals surface area contributed by atoms with Crippen molar-refractivity contribution in [2.75, 3.05) is 13.7 Å². The summed E-state index contributed by atoms with van der Waals surface area (Å²) in [6, 6.07) is 14.7. The molecule has 0 saturated carbocycles. The Kier molecular flexibility index (Phi) is 5.31. The maximum Gasteiger partial charge on any atom is 0.337 e. The number of rotatable bonds is 5. The molecule has 0 spiro atoms. The van der Waals surface area contributed by atoms with Crippen molar-refractivity contribution in [3.05, 3.63) is 70.8 Å². The second kappa shape index (κ2) is 7.41. The summed E-state index contributed by atoms with van der Waals surface area (Å²) in [5.74, 6) is -0.413. The molecule has 0 radical (unpaired) electrons. The van der Waals surface area contributed by atoms with Crippen LogP contribution in [0.3, 0.4) is 0 Å². The zero-order valence-electron chi connectivity index (χ0n) is 12.8. The summed E-state index contributed by atoms with van der Waals surface area (Å²) < 4.78 is 4.65. The van der Waals surface area contributed by atoms with Crippen LogP contribution < -0.4 is 5.32 Å². The number of esters is 1. The molecule has 2 aromatic rings. The molecule has 0 bridgehead atoms. The lowest BCUT2D eigenvalue weighted by Crippen LogP contribution is -2.26. The fourth-order valence-electron chi connectivity index (χ4n) is 2.17. The molecular weight excluding hydrogens is 278 g/mol. The molecule has 0 aliphatic carbocycles. The number of methoxy groups -OCH3 is 1. The van der Waals surface area contributed by atoms with Gasteiger partial charge in [-0.3, -0.25) is 4.79 Å². The zero-order valence-corrected chi connectivity index (χ0v) is 12.8. The van der Waals surface area contributed by atoms with Gasteiger partial charge < -0.3 is 10.1 Å². The predicted molar refractivity (Wildman–Crippen MR) is 85.0 cm³/mol. The van der Waals surface area contributed by atoms with E-state index in [4.69, 9.17) is 0 Å². The smallest absolute Gasteiger partial charge is 0.337 e. The second-order valence-electron chi connectivity index (χ2n) is 5.01. The van der Waals surface area contributed by atoms with Crippen molar-refractivity contribution in [3.63, 3.8) is 0 Å². The summed E-state index contributed by atoms with van der Waals surface area (Å²) >= 11 is 0. The molecule has 114 valence electrons. The van der Waals surface area contributed by atoms with Crippen LogP contribution in [0.15, 0.2) is 48.5 Å². The van der Waals surface area contributed by atoms with E-state index in [9.17, 15) is 9.59 Å². The Morgan fingerprint density at radius 2 is 1.73 bits per heavy atom. The van der Waals surface area contributed by atoms with E-state index < -0.39 is 0 Å². The molecule has 0 heterocycles. The van der Waals surface area contributed by atoms with E-state index in [1.54, 1.807) is 12.1 Å². The molecule has 0 fully saturated rings. The Labute approximate surface area is 130 Å². The van der Waals surface area contributed by atoms with E-state index >= 15 is 0 Å². The van der Waals surface area contributed by atoms with Gasteiger partial charge >= 0.3 is 5.97 Å². The van der Waals surface area contributed by atoms with Gasteiger partial charge in [0.25, 0.3) is 5.91 Å². The number of ether oxygens (including phenoxy) is 1. The Morgan fingerprint density at radius 3 is 2.36 bits per heavy atom. The molecule has 4 nitrogen and oxygen atoms in total. The van der Waals surface area contributed by atoms with Gasteiger partial charge in [-0.15, -0.1) is 0 Å². The molecule has 22 heavy (non-hydrogen) atoms. The summed E-state index contributed by atoms with van der Waals surface area (Å²) in [5, 5.41) is 2.91. The van der Waals surface area contributed by atoms with Crippen LogP contribution in [0.1, 0.15) is 31.8 Å². The highest BCUT2D eigenvalue weighted by Crippen LogP contribution is 2.08. The van der Waals surface area contributed by atoms with Gasteiger partial charge in [-0.1, -0.05) is 30.3 Å². The monoisotopic (exact) mass is 297 g/mol. The van der Waals surface area contributed by atoms with E-state index in [2.05, 4.69) is 10.1 Å². The van der Waals surface area contributed by atoms with Crippen molar-refractivity contribution < 1.29 is 14.3 Å². The van der Waals surface area contributed by atoms with Crippen molar-refractivity contribution in [2.24, 2.45) is 0 Å². The second-order valence-corrected chi connectivity index (χ2v) is 5.01. The highest BCUT2D eigenvalue weighted by Gasteiger charge is 2.08. The van der Waals surface area contributed by atoms with Gasteiger partial charge in [0.15, 0.2) is 0 Å². The first-order valence-electron chi connectivity index (χ1n) is 7.13. The lowest BCUT2D eigenvalue weighted by Gasteiger charge is -2.08. The Bertz CT molecular complexity index is 662. The standard InChI is InChI=1S/C18H19NO3/c1-13-5-3-4-6-16(13)17(20)19-12-11-14-7-9-15(10-8-14)18(21)22-2/h3-10H,11-12H2,1-2H3,(H,19,20). The molecule has 0 saturated heterocycles. The zero-order chi connectivity index (χ0) is 15.9. The lowest BCUT2D eigenvalue weighted by atomic mass is 10.1. The third kappa shape index (κ3) is 3.95. The average Bonchev–Trinajstić information content (AvgIpc) is 2.55. The first kappa shape index (κ1) is 15.8. The summed E-state index contributed by atoms with van der Waals surface area (Å²) in [4.78, 5) is 23.4. The van der Waals surface area contributed by atoms with E-state index in [1.807, 2.05) is 43.3 Å². The van der Waals surface area contributed by atoms with Crippen LogP contribution in [-0.4, -0.2) is 25.5 Å². The first-order chi connectivity index (χ1) is 10.6. The molecule has 0 aromatic heterocycles. The van der Waals surface area contributed by atoms with Gasteiger partial charge in [-0.2, -0.15) is 0 Å². The van der Waals surface area contributed by atoms with Gasteiger partial charge in [0.1, 0.15) is 0 Å². The molecule has 0 aliphatic rings. The molecule has 1 N–H and O–H groups in total. The molecule has 4 heteroatoms. The molecule has 0 unspecified atom stereocenters. The van der Waals surface area contributed by atoms with Crippen molar-refractivity contribution in [1.82, 2.24) is 5.32 Å². The summed E-state index contributed by atoms with van der Waals surface area (Å²) in [5.41, 5.74) is 3.24. The lowest BCUT2D eigenvalue weighted by molar-refractivity contribution is 0.0600. The van der Waals surface area contributed by atoms with Gasteiger partial charge in [-0.05, 0) is 42.7 Å². The maximum absolute atomic E-state index is 12.1. The summed E-state index contributed by atoms with van der Waals surface area (Å²) in [6.07, 6.45) is 0.707. The van der Waals surface area contributed by atoms with Crippen molar-refractivity contribution in [2.45, 2.75) is 13.3 Å². The summed E-state index contributed by atoms with van der Waals surface area (Å²) in [7, 11) is 1.36. The third-order valence-corrected chi connectivity index (χ3v) is 3.46.